The van der Waals surface area contributed by atoms with Crippen LogP contribution >= 0.6 is 0 Å². The first-order valence-electron chi connectivity index (χ1n) is 6.54. The fourth-order valence-electron chi connectivity index (χ4n) is 2.92. The average molecular weight is 267 g/mol. The molecule has 2 saturated heterocycles. The lowest BCUT2D eigenvalue weighted by Crippen LogP contribution is -2.55. The first-order valence-corrected chi connectivity index (χ1v) is 6.54. The molecular weight excluding hydrogens is 246 g/mol. The van der Waals surface area contributed by atoms with Gasteiger partial charge < -0.3 is 15.5 Å². The highest BCUT2D eigenvalue weighted by atomic mass is 16.2. The number of carbonyl (C=O) groups excluding carboxylic acids is 2. The summed E-state index contributed by atoms with van der Waals surface area (Å²) in [5.41, 5.74) is -0.771. The van der Waals surface area contributed by atoms with E-state index in [9.17, 15) is 9.59 Å². The summed E-state index contributed by atoms with van der Waals surface area (Å²) in [5, 5.41) is 8.14. The Bertz CT molecular complexity index is 414. The molecule has 2 fully saturated rings. The molecule has 3 N–H and O–H groups in total. The van der Waals surface area contributed by atoms with E-state index in [1.54, 1.807) is 14.0 Å². The lowest BCUT2D eigenvalue weighted by Gasteiger charge is -2.39. The summed E-state index contributed by atoms with van der Waals surface area (Å²) >= 11 is 0. The van der Waals surface area contributed by atoms with Crippen LogP contribution in [0.1, 0.15) is 19.8 Å². The highest BCUT2D eigenvalue weighted by Gasteiger charge is 2.48. The minimum atomic E-state index is -0.771. The standard InChI is InChI=1S/C12H21N5O2/c1-12(9(18)15-11(19)16-12)8-4-6-17(7-5-8)10(13-2)14-3/h8H,4-7H2,1-3H3,(H,13,14)(H2,15,16,18,19). The molecule has 0 aliphatic carbocycles. The zero-order valence-electron chi connectivity index (χ0n) is 11.6. The Labute approximate surface area is 112 Å². The Morgan fingerprint density at radius 3 is 2.47 bits per heavy atom. The summed E-state index contributed by atoms with van der Waals surface area (Å²) < 4.78 is 0. The molecule has 2 rings (SSSR count). The number of hydrogen-bond acceptors (Lipinski definition) is 3. The van der Waals surface area contributed by atoms with Crippen LogP contribution in [-0.2, 0) is 4.79 Å². The maximum Gasteiger partial charge on any atom is 0.322 e. The highest BCUT2D eigenvalue weighted by Crippen LogP contribution is 2.30. The van der Waals surface area contributed by atoms with Crippen molar-refractivity contribution in [2.24, 2.45) is 10.9 Å². The Morgan fingerprint density at radius 2 is 2.05 bits per heavy atom. The third kappa shape index (κ3) is 2.36. The van der Waals surface area contributed by atoms with Crippen LogP contribution in [0, 0.1) is 5.92 Å². The molecule has 1 atom stereocenters. The number of carbonyl (C=O) groups is 2. The Morgan fingerprint density at radius 1 is 1.42 bits per heavy atom. The molecule has 19 heavy (non-hydrogen) atoms. The van der Waals surface area contributed by atoms with Gasteiger partial charge in [-0.25, -0.2) is 4.79 Å². The van der Waals surface area contributed by atoms with Gasteiger partial charge in [0.1, 0.15) is 5.54 Å². The maximum absolute atomic E-state index is 11.9. The third-order valence-electron chi connectivity index (χ3n) is 4.12. The van der Waals surface area contributed by atoms with Crippen LogP contribution in [0.25, 0.3) is 0 Å². The minimum absolute atomic E-state index is 0.158. The molecule has 106 valence electrons. The van der Waals surface area contributed by atoms with Crippen LogP contribution in [-0.4, -0.2) is 55.5 Å². The quantitative estimate of drug-likeness (QED) is 0.340. The first kappa shape index (κ1) is 13.6. The van der Waals surface area contributed by atoms with Gasteiger partial charge in [0.25, 0.3) is 5.91 Å². The molecule has 2 aliphatic heterocycles. The molecule has 7 nitrogen and oxygen atoms in total. The summed E-state index contributed by atoms with van der Waals surface area (Å²) in [7, 11) is 3.60. The maximum atomic E-state index is 11.9. The molecule has 7 heteroatoms. The number of likely N-dealkylation sites (tertiary alicyclic amines) is 1. The predicted octanol–water partition coefficient (Wildman–Crippen LogP) is -0.498. The highest BCUT2D eigenvalue weighted by molar-refractivity contribution is 6.06. The van der Waals surface area contributed by atoms with Gasteiger partial charge in [-0.05, 0) is 25.7 Å². The molecule has 0 radical (unpaired) electrons. The van der Waals surface area contributed by atoms with Gasteiger partial charge in [-0.3, -0.25) is 15.1 Å². The van der Waals surface area contributed by atoms with Crippen LogP contribution in [0.3, 0.4) is 0 Å². The molecular formula is C12H21N5O2. The van der Waals surface area contributed by atoms with E-state index in [-0.39, 0.29) is 17.9 Å². The van der Waals surface area contributed by atoms with Gasteiger partial charge >= 0.3 is 6.03 Å². The number of hydrogen-bond donors (Lipinski definition) is 3. The Hall–Kier alpha value is -1.79. The van der Waals surface area contributed by atoms with Crippen molar-refractivity contribution in [2.75, 3.05) is 27.2 Å². The van der Waals surface area contributed by atoms with Gasteiger partial charge in [-0.15, -0.1) is 0 Å². The number of urea groups is 1. The summed E-state index contributed by atoms with van der Waals surface area (Å²) in [4.78, 5) is 29.5. The number of rotatable bonds is 1. The fraction of sp³-hybridized carbons (Fsp3) is 0.750. The van der Waals surface area contributed by atoms with Gasteiger partial charge in [0.05, 0.1) is 0 Å². The van der Waals surface area contributed by atoms with E-state index in [1.807, 2.05) is 7.05 Å². The van der Waals surface area contributed by atoms with Gasteiger partial charge in [0.2, 0.25) is 0 Å². The monoisotopic (exact) mass is 267 g/mol. The van der Waals surface area contributed by atoms with Crippen molar-refractivity contribution in [3.05, 3.63) is 0 Å². The summed E-state index contributed by atoms with van der Waals surface area (Å²) in [6.07, 6.45) is 1.70. The van der Waals surface area contributed by atoms with Crippen molar-refractivity contribution in [1.29, 1.82) is 0 Å². The zero-order chi connectivity index (χ0) is 14.0. The summed E-state index contributed by atoms with van der Waals surface area (Å²) in [5.74, 6) is 0.808. The first-order chi connectivity index (χ1) is 9.01. The third-order valence-corrected chi connectivity index (χ3v) is 4.12. The molecule has 0 aromatic heterocycles. The van der Waals surface area contributed by atoms with Crippen molar-refractivity contribution in [3.8, 4) is 0 Å². The minimum Gasteiger partial charge on any atom is -0.359 e. The van der Waals surface area contributed by atoms with Gasteiger partial charge in [0, 0.05) is 27.2 Å². The molecule has 2 aliphatic rings. The molecule has 0 saturated carbocycles. The molecule has 0 bridgehead atoms. The Balaban J connectivity index is 2.00. The zero-order valence-corrected chi connectivity index (χ0v) is 11.6. The van der Waals surface area contributed by atoms with Crippen LogP contribution in [0.15, 0.2) is 4.99 Å². The van der Waals surface area contributed by atoms with E-state index in [0.717, 1.165) is 31.9 Å². The molecule has 0 spiro atoms. The van der Waals surface area contributed by atoms with Crippen molar-refractivity contribution in [1.82, 2.24) is 20.9 Å². The molecule has 2 heterocycles. The SMILES string of the molecule is CN=C(NC)N1CCC(C2(C)NC(=O)NC2=O)CC1. The van der Waals surface area contributed by atoms with Crippen LogP contribution < -0.4 is 16.0 Å². The number of imide groups is 1. The van der Waals surface area contributed by atoms with Crippen LogP contribution in [0.2, 0.25) is 0 Å². The van der Waals surface area contributed by atoms with Crippen LogP contribution in [0.5, 0.6) is 0 Å². The van der Waals surface area contributed by atoms with E-state index < -0.39 is 5.54 Å². The van der Waals surface area contributed by atoms with E-state index in [4.69, 9.17) is 0 Å². The second-order valence-electron chi connectivity index (χ2n) is 5.17. The molecule has 3 amide bonds. The second kappa shape index (κ2) is 5.07. The van der Waals surface area contributed by atoms with E-state index in [1.165, 1.54) is 0 Å². The number of amides is 3. The van der Waals surface area contributed by atoms with E-state index >= 15 is 0 Å². The van der Waals surface area contributed by atoms with Gasteiger partial charge in [0.15, 0.2) is 5.96 Å². The van der Waals surface area contributed by atoms with Crippen LogP contribution in [0.4, 0.5) is 4.79 Å². The number of piperidine rings is 1. The number of nitrogens with one attached hydrogen (secondary N) is 3. The van der Waals surface area contributed by atoms with E-state index in [0.29, 0.717) is 0 Å². The molecule has 0 aromatic carbocycles. The molecule has 1 unspecified atom stereocenters. The summed E-state index contributed by atoms with van der Waals surface area (Å²) in [6.45, 7) is 3.47. The van der Waals surface area contributed by atoms with Crippen molar-refractivity contribution < 1.29 is 9.59 Å². The van der Waals surface area contributed by atoms with Gasteiger partial charge in [-0.2, -0.15) is 0 Å². The Kier molecular flexibility index (Phi) is 3.64. The second-order valence-corrected chi connectivity index (χ2v) is 5.17. The summed E-state index contributed by atoms with van der Waals surface area (Å²) in [6, 6.07) is -0.388. The van der Waals surface area contributed by atoms with E-state index in [2.05, 4.69) is 25.8 Å². The number of nitrogens with zero attached hydrogens (tertiary/aromatic N) is 2. The molecule has 0 aromatic rings. The average Bonchev–Trinajstić information content (AvgIpc) is 2.66. The number of guanidine groups is 1. The predicted molar refractivity (Wildman–Crippen MR) is 71.8 cm³/mol. The van der Waals surface area contributed by atoms with Crippen molar-refractivity contribution in [3.63, 3.8) is 0 Å². The topological polar surface area (TPSA) is 85.8 Å². The largest absolute Gasteiger partial charge is 0.359 e. The van der Waals surface area contributed by atoms with Crippen molar-refractivity contribution in [2.45, 2.75) is 25.3 Å². The number of aliphatic imine (C=N–C) groups is 1. The van der Waals surface area contributed by atoms with Gasteiger partial charge in [-0.1, -0.05) is 0 Å². The fourth-order valence-corrected chi connectivity index (χ4v) is 2.92. The lowest BCUT2D eigenvalue weighted by molar-refractivity contribution is -0.125. The smallest absolute Gasteiger partial charge is 0.322 e. The van der Waals surface area contributed by atoms with Crippen molar-refractivity contribution >= 4 is 17.9 Å². The normalized spacial score (nSPS) is 29.2. The lowest BCUT2D eigenvalue weighted by atomic mass is 9.79.